The fourth-order valence-corrected chi connectivity index (χ4v) is 1.24. The Balaban J connectivity index is 2.57. The van der Waals surface area contributed by atoms with Gasteiger partial charge in [-0.1, -0.05) is 27.2 Å². The molecular weight excluding hydrogens is 208 g/mol. The summed E-state index contributed by atoms with van der Waals surface area (Å²) in [4.78, 5) is 15.7. The summed E-state index contributed by atoms with van der Waals surface area (Å²) in [7, 11) is 1.47. The van der Waals surface area contributed by atoms with Crippen LogP contribution in [0.2, 0.25) is 0 Å². The van der Waals surface area contributed by atoms with Crippen LogP contribution >= 0.6 is 0 Å². The number of anilines is 1. The zero-order valence-electron chi connectivity index (χ0n) is 10.1. The van der Waals surface area contributed by atoms with Gasteiger partial charge >= 0.3 is 6.01 Å². The van der Waals surface area contributed by atoms with Crippen LogP contribution < -0.4 is 10.1 Å². The van der Waals surface area contributed by atoms with E-state index in [0.29, 0.717) is 11.9 Å². The molecule has 0 radical (unpaired) electrons. The summed E-state index contributed by atoms with van der Waals surface area (Å²) in [5, 5.41) is 8.98. The summed E-state index contributed by atoms with van der Waals surface area (Å²) in [6.07, 6.45) is 0.967. The Morgan fingerprint density at radius 2 is 2.25 bits per heavy atom. The Morgan fingerprint density at radius 1 is 1.56 bits per heavy atom. The molecule has 90 valence electrons. The Bertz CT molecular complexity index is 350. The van der Waals surface area contributed by atoms with E-state index in [-0.39, 0.29) is 17.8 Å². The first kappa shape index (κ1) is 12.5. The number of rotatable bonds is 5. The van der Waals surface area contributed by atoms with Gasteiger partial charge in [-0.2, -0.15) is 4.98 Å². The lowest BCUT2D eigenvalue weighted by Crippen LogP contribution is -2.25. The van der Waals surface area contributed by atoms with Gasteiger partial charge in [0.25, 0.3) is 0 Å². The number of H-pyrrole nitrogens is 1. The summed E-state index contributed by atoms with van der Waals surface area (Å²) in [5.74, 6) is 0.538. The maximum atomic E-state index is 11.8. The molecule has 6 heteroatoms. The van der Waals surface area contributed by atoms with Crippen molar-refractivity contribution in [2.24, 2.45) is 11.8 Å². The third-order valence-electron chi connectivity index (χ3n) is 2.80. The Hall–Kier alpha value is -1.59. The van der Waals surface area contributed by atoms with Gasteiger partial charge < -0.3 is 4.74 Å². The molecule has 1 amide bonds. The minimum absolute atomic E-state index is 0.0545. The van der Waals surface area contributed by atoms with E-state index in [2.05, 4.69) is 27.4 Å². The zero-order valence-corrected chi connectivity index (χ0v) is 10.1. The smallest absolute Gasteiger partial charge is 0.336 e. The monoisotopic (exact) mass is 226 g/mol. The number of nitrogens with one attached hydrogen (secondary N) is 2. The van der Waals surface area contributed by atoms with Crippen molar-refractivity contribution < 1.29 is 9.53 Å². The van der Waals surface area contributed by atoms with E-state index >= 15 is 0 Å². The molecule has 0 aliphatic rings. The molecule has 1 aromatic heterocycles. The lowest BCUT2D eigenvalue weighted by atomic mass is 9.93. The van der Waals surface area contributed by atoms with Gasteiger partial charge in [-0.15, -0.1) is 5.10 Å². The fraction of sp³-hybridized carbons (Fsp3) is 0.700. The standard InChI is InChI=1S/C10H18N4O2/c1-5-6(2)7(3)8(15)11-9-12-10(16-4)14-13-9/h6-7H,5H2,1-4H3,(H2,11,12,13,14,15)/t6-,7-/m1/s1. The molecule has 6 nitrogen and oxygen atoms in total. The number of ether oxygens (including phenoxy) is 1. The third kappa shape index (κ3) is 2.95. The van der Waals surface area contributed by atoms with Crippen LogP contribution in [0.15, 0.2) is 0 Å². The summed E-state index contributed by atoms with van der Waals surface area (Å²) in [6, 6.07) is 0.214. The number of carbonyl (C=O) groups is 1. The van der Waals surface area contributed by atoms with Crippen molar-refractivity contribution in [2.75, 3.05) is 12.4 Å². The lowest BCUT2D eigenvalue weighted by Gasteiger charge is -2.16. The second kappa shape index (κ2) is 5.48. The normalized spacial score (nSPS) is 14.2. The summed E-state index contributed by atoms with van der Waals surface area (Å²) in [6.45, 7) is 6.01. The quantitative estimate of drug-likeness (QED) is 0.796. The van der Waals surface area contributed by atoms with E-state index in [1.165, 1.54) is 7.11 Å². The van der Waals surface area contributed by atoms with Crippen molar-refractivity contribution >= 4 is 11.9 Å². The van der Waals surface area contributed by atoms with E-state index < -0.39 is 0 Å². The highest BCUT2D eigenvalue weighted by atomic mass is 16.5. The molecule has 2 N–H and O–H groups in total. The van der Waals surface area contributed by atoms with Crippen molar-refractivity contribution in [3.8, 4) is 6.01 Å². The first-order chi connectivity index (χ1) is 7.58. The molecule has 0 saturated heterocycles. The summed E-state index contributed by atoms with van der Waals surface area (Å²) >= 11 is 0. The summed E-state index contributed by atoms with van der Waals surface area (Å²) in [5.41, 5.74) is 0. The van der Waals surface area contributed by atoms with E-state index in [1.54, 1.807) is 0 Å². The fourth-order valence-electron chi connectivity index (χ4n) is 1.24. The van der Waals surface area contributed by atoms with Crippen molar-refractivity contribution in [3.63, 3.8) is 0 Å². The maximum absolute atomic E-state index is 11.8. The molecular formula is C10H18N4O2. The van der Waals surface area contributed by atoms with Crippen molar-refractivity contribution in [3.05, 3.63) is 0 Å². The Morgan fingerprint density at radius 3 is 2.75 bits per heavy atom. The van der Waals surface area contributed by atoms with Crippen LogP contribution in [-0.2, 0) is 4.79 Å². The molecule has 2 atom stereocenters. The molecule has 16 heavy (non-hydrogen) atoms. The largest absolute Gasteiger partial charge is 0.466 e. The number of hydrogen-bond acceptors (Lipinski definition) is 4. The Labute approximate surface area is 94.8 Å². The van der Waals surface area contributed by atoms with Crippen LogP contribution in [0.5, 0.6) is 6.01 Å². The topological polar surface area (TPSA) is 79.9 Å². The van der Waals surface area contributed by atoms with Crippen LogP contribution in [-0.4, -0.2) is 28.2 Å². The van der Waals surface area contributed by atoms with Crippen molar-refractivity contribution in [1.29, 1.82) is 0 Å². The highest BCUT2D eigenvalue weighted by molar-refractivity contribution is 5.90. The van der Waals surface area contributed by atoms with Crippen LogP contribution in [0.4, 0.5) is 5.95 Å². The average molecular weight is 226 g/mol. The number of carbonyl (C=O) groups excluding carboxylic acids is 1. The van der Waals surface area contributed by atoms with Crippen molar-refractivity contribution in [2.45, 2.75) is 27.2 Å². The van der Waals surface area contributed by atoms with Gasteiger partial charge in [-0.05, 0) is 5.92 Å². The van der Waals surface area contributed by atoms with Gasteiger partial charge in [0.05, 0.1) is 7.11 Å². The minimum atomic E-state index is -0.0619. The van der Waals surface area contributed by atoms with Crippen LogP contribution in [0.1, 0.15) is 27.2 Å². The van der Waals surface area contributed by atoms with E-state index in [4.69, 9.17) is 4.74 Å². The molecule has 0 saturated carbocycles. The van der Waals surface area contributed by atoms with Gasteiger partial charge in [0.1, 0.15) is 0 Å². The number of aromatic nitrogens is 3. The third-order valence-corrected chi connectivity index (χ3v) is 2.80. The second-order valence-corrected chi connectivity index (χ2v) is 3.83. The molecule has 0 fully saturated rings. The van der Waals surface area contributed by atoms with Gasteiger partial charge in [-0.3, -0.25) is 10.1 Å². The zero-order chi connectivity index (χ0) is 12.1. The molecule has 1 rings (SSSR count). The average Bonchev–Trinajstić information content (AvgIpc) is 2.74. The predicted molar refractivity (Wildman–Crippen MR) is 60.2 cm³/mol. The van der Waals surface area contributed by atoms with E-state index in [9.17, 15) is 4.79 Å². The molecule has 1 heterocycles. The highest BCUT2D eigenvalue weighted by Crippen LogP contribution is 2.16. The van der Waals surface area contributed by atoms with E-state index in [1.807, 2.05) is 13.8 Å². The molecule has 0 bridgehead atoms. The van der Waals surface area contributed by atoms with Crippen molar-refractivity contribution in [1.82, 2.24) is 15.2 Å². The molecule has 0 spiro atoms. The Kier molecular flexibility index (Phi) is 4.28. The van der Waals surface area contributed by atoms with Gasteiger partial charge in [-0.25, -0.2) is 5.10 Å². The maximum Gasteiger partial charge on any atom is 0.336 e. The van der Waals surface area contributed by atoms with E-state index in [0.717, 1.165) is 6.42 Å². The SMILES string of the molecule is CC[C@@H](C)[C@@H](C)C(=O)Nc1nc(OC)n[nH]1. The van der Waals surface area contributed by atoms with Crippen LogP contribution in [0, 0.1) is 11.8 Å². The molecule has 0 unspecified atom stereocenters. The number of nitrogens with zero attached hydrogens (tertiary/aromatic N) is 2. The summed E-state index contributed by atoms with van der Waals surface area (Å²) < 4.78 is 4.80. The molecule has 0 aliphatic heterocycles. The molecule has 1 aromatic rings. The first-order valence-corrected chi connectivity index (χ1v) is 5.35. The van der Waals surface area contributed by atoms with Crippen LogP contribution in [0.25, 0.3) is 0 Å². The highest BCUT2D eigenvalue weighted by Gasteiger charge is 2.19. The minimum Gasteiger partial charge on any atom is -0.466 e. The number of methoxy groups -OCH3 is 1. The van der Waals surface area contributed by atoms with Gasteiger partial charge in [0, 0.05) is 5.92 Å². The number of aromatic amines is 1. The van der Waals surface area contributed by atoms with Crippen LogP contribution in [0.3, 0.4) is 0 Å². The van der Waals surface area contributed by atoms with Gasteiger partial charge in [0.2, 0.25) is 11.9 Å². The predicted octanol–water partition coefficient (Wildman–Crippen LogP) is 1.43. The number of hydrogen-bond donors (Lipinski definition) is 2. The van der Waals surface area contributed by atoms with Gasteiger partial charge in [0.15, 0.2) is 0 Å². The molecule has 0 aromatic carbocycles. The second-order valence-electron chi connectivity index (χ2n) is 3.83. The molecule has 0 aliphatic carbocycles. The number of amides is 1. The first-order valence-electron chi connectivity index (χ1n) is 5.35. The lowest BCUT2D eigenvalue weighted by molar-refractivity contribution is -0.120.